The van der Waals surface area contributed by atoms with Gasteiger partial charge in [0.15, 0.2) is 6.61 Å². The second-order valence-electron chi connectivity index (χ2n) is 4.66. The van der Waals surface area contributed by atoms with Crippen molar-refractivity contribution in [2.45, 2.75) is 18.9 Å². The zero-order valence-electron chi connectivity index (χ0n) is 10.9. The first-order chi connectivity index (χ1) is 9.24. The maximum absolute atomic E-state index is 10.6. The smallest absolute Gasteiger partial charge is 0.255 e. The van der Waals surface area contributed by atoms with Gasteiger partial charge in [-0.3, -0.25) is 4.79 Å². The monoisotopic (exact) mass is 280 g/mol. The number of thioether (sulfide) groups is 1. The predicted molar refractivity (Wildman–Crippen MR) is 78.6 cm³/mol. The second kappa shape index (κ2) is 7.40. The van der Waals surface area contributed by atoms with Crippen molar-refractivity contribution in [1.82, 2.24) is 5.32 Å². The summed E-state index contributed by atoms with van der Waals surface area (Å²) in [4.78, 5) is 10.6. The number of carbonyl (C=O) groups is 1. The summed E-state index contributed by atoms with van der Waals surface area (Å²) in [6.45, 7) is 0.937. The second-order valence-corrected chi connectivity index (χ2v) is 5.81. The summed E-state index contributed by atoms with van der Waals surface area (Å²) >= 11 is 2.02. The van der Waals surface area contributed by atoms with Crippen LogP contribution >= 0.6 is 11.8 Å². The number of hydrogen-bond acceptors (Lipinski definition) is 4. The van der Waals surface area contributed by atoms with Crippen LogP contribution in [-0.4, -0.2) is 36.6 Å². The minimum Gasteiger partial charge on any atom is -0.484 e. The van der Waals surface area contributed by atoms with Crippen LogP contribution in [0.2, 0.25) is 0 Å². The molecule has 1 fully saturated rings. The van der Waals surface area contributed by atoms with E-state index in [-0.39, 0.29) is 6.61 Å². The molecule has 104 valence electrons. The first kappa shape index (κ1) is 14.2. The normalized spacial score (nSPS) is 18.4. The standard InChI is InChI=1S/C14H20N2O2S/c15-14(17)9-18-13-3-1-11(2-4-13)5-7-16-12-6-8-19-10-12/h1-4,12,16H,5-10H2,(H2,15,17). The Labute approximate surface area is 118 Å². The van der Waals surface area contributed by atoms with Gasteiger partial charge in [0.1, 0.15) is 5.75 Å². The van der Waals surface area contributed by atoms with Gasteiger partial charge in [-0.15, -0.1) is 0 Å². The molecular weight excluding hydrogens is 260 g/mol. The quantitative estimate of drug-likeness (QED) is 0.787. The minimum atomic E-state index is -0.456. The Balaban J connectivity index is 1.70. The highest BCUT2D eigenvalue weighted by Crippen LogP contribution is 2.17. The Morgan fingerprint density at radius 2 is 2.21 bits per heavy atom. The number of hydrogen-bond donors (Lipinski definition) is 2. The number of nitrogens with one attached hydrogen (secondary N) is 1. The Kier molecular flexibility index (Phi) is 5.54. The molecule has 1 heterocycles. The van der Waals surface area contributed by atoms with Gasteiger partial charge >= 0.3 is 0 Å². The van der Waals surface area contributed by atoms with Crippen molar-refractivity contribution in [2.75, 3.05) is 24.7 Å². The van der Waals surface area contributed by atoms with Gasteiger partial charge in [0.25, 0.3) is 5.91 Å². The van der Waals surface area contributed by atoms with Gasteiger partial charge in [-0.1, -0.05) is 12.1 Å². The molecule has 1 unspecified atom stereocenters. The summed E-state index contributed by atoms with van der Waals surface area (Å²) in [6, 6.07) is 8.50. The van der Waals surface area contributed by atoms with Crippen molar-refractivity contribution < 1.29 is 9.53 Å². The highest BCUT2D eigenvalue weighted by Gasteiger charge is 2.13. The van der Waals surface area contributed by atoms with E-state index in [1.165, 1.54) is 23.5 Å². The lowest BCUT2D eigenvalue weighted by Crippen LogP contribution is -2.30. The summed E-state index contributed by atoms with van der Waals surface area (Å²) < 4.78 is 5.22. The van der Waals surface area contributed by atoms with E-state index in [4.69, 9.17) is 10.5 Å². The lowest BCUT2D eigenvalue weighted by Gasteiger charge is -2.11. The predicted octanol–water partition coefficient (Wildman–Crippen LogP) is 1.19. The number of benzene rings is 1. The summed E-state index contributed by atoms with van der Waals surface area (Å²) in [5.74, 6) is 2.74. The Morgan fingerprint density at radius 3 is 2.84 bits per heavy atom. The fourth-order valence-corrected chi connectivity index (χ4v) is 3.21. The zero-order chi connectivity index (χ0) is 13.5. The molecule has 2 rings (SSSR count). The molecule has 1 aliphatic heterocycles. The molecule has 0 saturated carbocycles. The zero-order valence-corrected chi connectivity index (χ0v) is 11.7. The van der Waals surface area contributed by atoms with Crippen LogP contribution < -0.4 is 15.8 Å². The van der Waals surface area contributed by atoms with E-state index >= 15 is 0 Å². The van der Waals surface area contributed by atoms with E-state index in [0.29, 0.717) is 11.8 Å². The molecule has 1 saturated heterocycles. The van der Waals surface area contributed by atoms with Crippen LogP contribution in [0.4, 0.5) is 0 Å². The Hall–Kier alpha value is -1.20. The van der Waals surface area contributed by atoms with Crippen LogP contribution in [0.3, 0.4) is 0 Å². The SMILES string of the molecule is NC(=O)COc1ccc(CCNC2CCSC2)cc1. The molecule has 1 aliphatic rings. The number of nitrogens with two attached hydrogens (primary N) is 1. The molecule has 0 aliphatic carbocycles. The fourth-order valence-electron chi connectivity index (χ4n) is 2.02. The molecule has 4 nitrogen and oxygen atoms in total. The van der Waals surface area contributed by atoms with Crippen LogP contribution in [0.1, 0.15) is 12.0 Å². The Bertz CT molecular complexity index is 402. The number of carbonyl (C=O) groups excluding carboxylic acids is 1. The summed E-state index contributed by atoms with van der Waals surface area (Å²) in [5, 5.41) is 3.57. The largest absolute Gasteiger partial charge is 0.484 e. The van der Waals surface area contributed by atoms with Gasteiger partial charge in [-0.05, 0) is 42.8 Å². The Morgan fingerprint density at radius 1 is 1.42 bits per heavy atom. The molecule has 1 atom stereocenters. The molecule has 0 aromatic heterocycles. The average Bonchev–Trinajstić information content (AvgIpc) is 2.91. The average molecular weight is 280 g/mol. The first-order valence-corrected chi connectivity index (χ1v) is 7.70. The summed E-state index contributed by atoms with van der Waals surface area (Å²) in [6.07, 6.45) is 2.29. The van der Waals surface area contributed by atoms with Crippen molar-refractivity contribution >= 4 is 17.7 Å². The van der Waals surface area contributed by atoms with Gasteiger partial charge in [0.2, 0.25) is 0 Å². The number of rotatable bonds is 7. The van der Waals surface area contributed by atoms with E-state index in [1.807, 2.05) is 36.0 Å². The number of ether oxygens (including phenoxy) is 1. The highest BCUT2D eigenvalue weighted by molar-refractivity contribution is 7.99. The van der Waals surface area contributed by atoms with Crippen molar-refractivity contribution in [3.05, 3.63) is 29.8 Å². The van der Waals surface area contributed by atoms with Crippen LogP contribution in [0.5, 0.6) is 5.75 Å². The van der Waals surface area contributed by atoms with Crippen molar-refractivity contribution in [3.63, 3.8) is 0 Å². The van der Waals surface area contributed by atoms with E-state index < -0.39 is 5.91 Å². The molecule has 19 heavy (non-hydrogen) atoms. The first-order valence-electron chi connectivity index (χ1n) is 6.55. The van der Waals surface area contributed by atoms with Gasteiger partial charge < -0.3 is 15.8 Å². The van der Waals surface area contributed by atoms with Gasteiger partial charge in [-0.25, -0.2) is 0 Å². The van der Waals surface area contributed by atoms with E-state index in [0.717, 1.165) is 13.0 Å². The molecule has 5 heteroatoms. The van der Waals surface area contributed by atoms with Crippen LogP contribution in [0.25, 0.3) is 0 Å². The molecular formula is C14H20N2O2S. The number of primary amides is 1. The lowest BCUT2D eigenvalue weighted by molar-refractivity contribution is -0.119. The molecule has 0 spiro atoms. The van der Waals surface area contributed by atoms with Crippen molar-refractivity contribution in [2.24, 2.45) is 5.73 Å². The molecule has 0 bridgehead atoms. The van der Waals surface area contributed by atoms with Crippen molar-refractivity contribution in [3.8, 4) is 5.75 Å². The van der Waals surface area contributed by atoms with Crippen molar-refractivity contribution in [1.29, 1.82) is 0 Å². The molecule has 3 N–H and O–H groups in total. The van der Waals surface area contributed by atoms with Crippen LogP contribution in [-0.2, 0) is 11.2 Å². The van der Waals surface area contributed by atoms with E-state index in [9.17, 15) is 4.79 Å². The highest BCUT2D eigenvalue weighted by atomic mass is 32.2. The maximum atomic E-state index is 10.6. The van der Waals surface area contributed by atoms with Gasteiger partial charge in [0.05, 0.1) is 0 Å². The van der Waals surface area contributed by atoms with Crippen LogP contribution in [0.15, 0.2) is 24.3 Å². The molecule has 0 radical (unpaired) electrons. The van der Waals surface area contributed by atoms with Gasteiger partial charge in [0, 0.05) is 11.8 Å². The minimum absolute atomic E-state index is 0.0692. The van der Waals surface area contributed by atoms with E-state index in [1.54, 1.807) is 0 Å². The maximum Gasteiger partial charge on any atom is 0.255 e. The third kappa shape index (κ3) is 5.12. The van der Waals surface area contributed by atoms with Gasteiger partial charge in [-0.2, -0.15) is 11.8 Å². The van der Waals surface area contributed by atoms with Crippen LogP contribution in [0, 0.1) is 0 Å². The van der Waals surface area contributed by atoms with E-state index in [2.05, 4.69) is 5.32 Å². The molecule has 1 aromatic rings. The summed E-state index contributed by atoms with van der Waals surface area (Å²) in [7, 11) is 0. The third-order valence-electron chi connectivity index (χ3n) is 3.08. The lowest BCUT2D eigenvalue weighted by atomic mass is 10.1. The summed E-state index contributed by atoms with van der Waals surface area (Å²) in [5.41, 5.74) is 6.29. The fraction of sp³-hybridized carbons (Fsp3) is 0.500. The third-order valence-corrected chi connectivity index (χ3v) is 4.24. The number of amides is 1. The topological polar surface area (TPSA) is 64.4 Å². The molecule has 1 aromatic carbocycles. The molecule has 1 amide bonds.